The third-order valence-corrected chi connectivity index (χ3v) is 3.73. The third-order valence-electron chi connectivity index (χ3n) is 3.73. The fourth-order valence-corrected chi connectivity index (χ4v) is 2.54. The molecular weight excluding hydrogens is 300 g/mol. The predicted molar refractivity (Wildman–Crippen MR) is 94.0 cm³/mol. The number of hydrogen-bond acceptors (Lipinski definition) is 3. The average Bonchev–Trinajstić information content (AvgIpc) is 2.67. The molecule has 3 heteroatoms. The van der Waals surface area contributed by atoms with E-state index in [1.807, 2.05) is 72.8 Å². The van der Waals surface area contributed by atoms with Gasteiger partial charge in [-0.2, -0.15) is 0 Å². The summed E-state index contributed by atoms with van der Waals surface area (Å²) in [6, 6.07) is 25.2. The number of carbonyl (C=O) groups is 1. The summed E-state index contributed by atoms with van der Waals surface area (Å²) in [5, 5.41) is 0. The van der Waals surface area contributed by atoms with Gasteiger partial charge in [-0.3, -0.25) is 0 Å². The third kappa shape index (κ3) is 3.46. The molecule has 0 aliphatic heterocycles. The summed E-state index contributed by atoms with van der Waals surface area (Å²) in [6.07, 6.45) is 0. The zero-order valence-electron chi connectivity index (χ0n) is 13.4. The van der Waals surface area contributed by atoms with Crippen LogP contribution in [0.2, 0.25) is 0 Å². The molecule has 0 amide bonds. The average molecular weight is 318 g/mol. The Hall–Kier alpha value is -3.07. The fourth-order valence-electron chi connectivity index (χ4n) is 2.54. The highest BCUT2D eigenvalue weighted by atomic mass is 16.5. The molecule has 0 saturated carbocycles. The molecule has 0 atom stereocenters. The number of hydrogen-bond donors (Lipinski definition) is 0. The molecule has 3 nitrogen and oxygen atoms in total. The van der Waals surface area contributed by atoms with E-state index in [1.54, 1.807) is 6.07 Å². The van der Waals surface area contributed by atoms with Crippen molar-refractivity contribution in [2.45, 2.75) is 6.61 Å². The molecule has 0 aliphatic carbocycles. The van der Waals surface area contributed by atoms with Gasteiger partial charge < -0.3 is 9.47 Å². The molecule has 0 saturated heterocycles. The van der Waals surface area contributed by atoms with Gasteiger partial charge in [0.05, 0.1) is 7.11 Å². The molecule has 0 heterocycles. The number of benzene rings is 3. The van der Waals surface area contributed by atoms with Gasteiger partial charge in [0.15, 0.2) is 0 Å². The Morgan fingerprint density at radius 2 is 1.50 bits per heavy atom. The van der Waals surface area contributed by atoms with Crippen LogP contribution in [-0.2, 0) is 11.3 Å². The Kier molecular flexibility index (Phi) is 4.92. The van der Waals surface area contributed by atoms with E-state index in [0.717, 1.165) is 16.7 Å². The minimum Gasteiger partial charge on any atom is -0.487 e. The fraction of sp³-hybridized carbons (Fsp3) is 0.0952. The van der Waals surface area contributed by atoms with Crippen molar-refractivity contribution < 1.29 is 14.3 Å². The zero-order valence-corrected chi connectivity index (χ0v) is 13.4. The van der Waals surface area contributed by atoms with E-state index in [1.165, 1.54) is 7.11 Å². The molecule has 0 aromatic heterocycles. The van der Waals surface area contributed by atoms with Gasteiger partial charge in [-0.25, -0.2) is 4.79 Å². The van der Waals surface area contributed by atoms with Crippen molar-refractivity contribution >= 4 is 5.97 Å². The summed E-state index contributed by atoms with van der Waals surface area (Å²) >= 11 is 0. The minimum absolute atomic E-state index is 0.384. The lowest BCUT2D eigenvalue weighted by molar-refractivity contribution is 0.0595. The standard InChI is InChI=1S/C21H18O3/c1-23-21(22)19-14-8-13-18(17-11-6-3-7-12-17)20(19)24-15-16-9-4-2-5-10-16/h2-14H,15H2,1H3. The van der Waals surface area contributed by atoms with Crippen LogP contribution >= 0.6 is 0 Å². The Balaban J connectivity index is 2.01. The number of esters is 1. The van der Waals surface area contributed by atoms with E-state index in [4.69, 9.17) is 9.47 Å². The molecule has 0 N–H and O–H groups in total. The van der Waals surface area contributed by atoms with Crippen molar-refractivity contribution in [2.24, 2.45) is 0 Å². The van der Waals surface area contributed by atoms with E-state index >= 15 is 0 Å². The van der Waals surface area contributed by atoms with E-state index in [9.17, 15) is 4.79 Å². The molecule has 24 heavy (non-hydrogen) atoms. The molecule has 0 radical (unpaired) electrons. The van der Waals surface area contributed by atoms with Gasteiger partial charge in [-0.05, 0) is 17.2 Å². The first-order chi connectivity index (χ1) is 11.8. The normalized spacial score (nSPS) is 10.2. The molecule has 0 unspecified atom stereocenters. The maximum Gasteiger partial charge on any atom is 0.341 e. The second-order valence-electron chi connectivity index (χ2n) is 5.31. The summed E-state index contributed by atoms with van der Waals surface area (Å²) in [5.74, 6) is 0.134. The van der Waals surface area contributed by atoms with E-state index in [-0.39, 0.29) is 0 Å². The molecule has 0 fully saturated rings. The molecule has 0 aliphatic rings. The smallest absolute Gasteiger partial charge is 0.341 e. The van der Waals surface area contributed by atoms with Gasteiger partial charge in [0.25, 0.3) is 0 Å². The SMILES string of the molecule is COC(=O)c1cccc(-c2ccccc2)c1OCc1ccccc1. The molecule has 0 spiro atoms. The molecule has 0 bridgehead atoms. The largest absolute Gasteiger partial charge is 0.487 e. The van der Waals surface area contributed by atoms with Gasteiger partial charge in [0, 0.05) is 5.56 Å². The zero-order chi connectivity index (χ0) is 16.8. The van der Waals surface area contributed by atoms with Crippen molar-refractivity contribution in [1.82, 2.24) is 0 Å². The lowest BCUT2D eigenvalue weighted by Crippen LogP contribution is -2.07. The summed E-state index contributed by atoms with van der Waals surface area (Å²) in [6.45, 7) is 0.384. The van der Waals surface area contributed by atoms with Crippen LogP contribution in [0, 0.1) is 0 Å². The first-order valence-corrected chi connectivity index (χ1v) is 7.73. The first kappa shape index (κ1) is 15.8. The Morgan fingerprint density at radius 3 is 2.17 bits per heavy atom. The predicted octanol–water partition coefficient (Wildman–Crippen LogP) is 4.72. The Bertz CT molecular complexity index is 811. The first-order valence-electron chi connectivity index (χ1n) is 7.73. The van der Waals surface area contributed by atoms with E-state index in [2.05, 4.69) is 0 Å². The highest BCUT2D eigenvalue weighted by Gasteiger charge is 2.18. The Labute approximate surface area is 141 Å². The van der Waals surface area contributed by atoms with Crippen LogP contribution in [0.15, 0.2) is 78.9 Å². The number of ether oxygens (including phenoxy) is 2. The van der Waals surface area contributed by atoms with Crippen molar-refractivity contribution in [3.05, 3.63) is 90.0 Å². The second-order valence-corrected chi connectivity index (χ2v) is 5.31. The summed E-state index contributed by atoms with van der Waals surface area (Å²) in [4.78, 5) is 12.1. The molecule has 3 aromatic carbocycles. The Morgan fingerprint density at radius 1 is 0.833 bits per heavy atom. The molecule has 120 valence electrons. The monoisotopic (exact) mass is 318 g/mol. The van der Waals surface area contributed by atoms with Gasteiger partial charge in [0.2, 0.25) is 0 Å². The van der Waals surface area contributed by atoms with Crippen LogP contribution in [0.1, 0.15) is 15.9 Å². The number of methoxy groups -OCH3 is 1. The topological polar surface area (TPSA) is 35.5 Å². The lowest BCUT2D eigenvalue weighted by atomic mass is 10.0. The number of carbonyl (C=O) groups excluding carboxylic acids is 1. The van der Waals surface area contributed by atoms with Crippen LogP contribution < -0.4 is 4.74 Å². The van der Waals surface area contributed by atoms with Gasteiger partial charge in [-0.15, -0.1) is 0 Å². The van der Waals surface area contributed by atoms with Crippen LogP contribution in [0.5, 0.6) is 5.75 Å². The quantitative estimate of drug-likeness (QED) is 0.639. The molecule has 3 rings (SSSR count). The van der Waals surface area contributed by atoms with Gasteiger partial charge in [-0.1, -0.05) is 72.8 Å². The summed E-state index contributed by atoms with van der Waals surface area (Å²) < 4.78 is 10.9. The highest BCUT2D eigenvalue weighted by Crippen LogP contribution is 2.34. The maximum atomic E-state index is 12.1. The minimum atomic E-state index is -0.407. The molecule has 3 aromatic rings. The highest BCUT2D eigenvalue weighted by molar-refractivity contribution is 5.95. The van der Waals surface area contributed by atoms with Crippen LogP contribution in [0.3, 0.4) is 0 Å². The van der Waals surface area contributed by atoms with Crippen molar-refractivity contribution in [2.75, 3.05) is 7.11 Å². The van der Waals surface area contributed by atoms with Gasteiger partial charge >= 0.3 is 5.97 Å². The van der Waals surface area contributed by atoms with E-state index in [0.29, 0.717) is 17.9 Å². The van der Waals surface area contributed by atoms with E-state index < -0.39 is 5.97 Å². The van der Waals surface area contributed by atoms with Crippen LogP contribution in [0.25, 0.3) is 11.1 Å². The van der Waals surface area contributed by atoms with Crippen molar-refractivity contribution in [3.8, 4) is 16.9 Å². The van der Waals surface area contributed by atoms with Gasteiger partial charge in [0.1, 0.15) is 17.9 Å². The second kappa shape index (κ2) is 7.47. The lowest BCUT2D eigenvalue weighted by Gasteiger charge is -2.15. The maximum absolute atomic E-state index is 12.1. The number of para-hydroxylation sites is 1. The number of rotatable bonds is 5. The van der Waals surface area contributed by atoms with Crippen molar-refractivity contribution in [3.63, 3.8) is 0 Å². The van der Waals surface area contributed by atoms with Crippen LogP contribution in [-0.4, -0.2) is 13.1 Å². The molecular formula is C21H18O3. The summed E-state index contributed by atoms with van der Waals surface area (Å²) in [5.41, 5.74) is 3.33. The van der Waals surface area contributed by atoms with Crippen LogP contribution in [0.4, 0.5) is 0 Å². The van der Waals surface area contributed by atoms with Crippen molar-refractivity contribution in [1.29, 1.82) is 0 Å². The summed E-state index contributed by atoms with van der Waals surface area (Å²) in [7, 11) is 1.37.